The molecule has 14 heteroatoms. The van der Waals surface area contributed by atoms with E-state index in [0.29, 0.717) is 11.3 Å². The van der Waals surface area contributed by atoms with Crippen LogP contribution in [-0.4, -0.2) is 71.4 Å². The van der Waals surface area contributed by atoms with Crippen molar-refractivity contribution in [1.29, 1.82) is 0 Å². The number of ether oxygens (including phenoxy) is 1. The number of amides is 2. The summed E-state index contributed by atoms with van der Waals surface area (Å²) in [6.07, 6.45) is 0. The maximum absolute atomic E-state index is 12.6. The first-order valence-electron chi connectivity index (χ1n) is 7.89. The fraction of sp³-hybridized carbons (Fsp3) is 0.400. The first-order chi connectivity index (χ1) is 13.4. The zero-order chi connectivity index (χ0) is 20.4. The van der Waals surface area contributed by atoms with Gasteiger partial charge in [-0.1, -0.05) is 5.16 Å². The van der Waals surface area contributed by atoms with E-state index < -0.39 is 29.2 Å². The Labute approximate surface area is 196 Å². The third kappa shape index (κ3) is 4.59. The van der Waals surface area contributed by atoms with Crippen LogP contribution in [0.4, 0.5) is 5.13 Å². The number of nitrogens with two attached hydrogens (primary N) is 1. The van der Waals surface area contributed by atoms with E-state index in [2.05, 4.69) is 20.3 Å². The second kappa shape index (κ2) is 9.91. The number of carboxylic acid groups (broad SMARTS) is 1. The summed E-state index contributed by atoms with van der Waals surface area (Å²) in [5.41, 5.74) is 5.88. The van der Waals surface area contributed by atoms with E-state index >= 15 is 0 Å². The van der Waals surface area contributed by atoms with E-state index in [0.717, 1.165) is 16.2 Å². The summed E-state index contributed by atoms with van der Waals surface area (Å²) in [5, 5.41) is 18.9. The molecule has 150 valence electrons. The van der Waals surface area contributed by atoms with Gasteiger partial charge in [-0.25, -0.2) is 4.98 Å². The molecular formula is C15H16N5NaO6S2. The number of nitrogens with zero attached hydrogens (tertiary/aromatic N) is 3. The van der Waals surface area contributed by atoms with Crippen molar-refractivity contribution in [3.63, 3.8) is 0 Å². The van der Waals surface area contributed by atoms with Crippen molar-refractivity contribution < 1.29 is 58.6 Å². The third-order valence-electron chi connectivity index (χ3n) is 4.01. The molecule has 2 aliphatic heterocycles. The predicted octanol–water partition coefficient (Wildman–Crippen LogP) is -4.87. The molecular weight excluding hydrogens is 433 g/mol. The van der Waals surface area contributed by atoms with Crippen molar-refractivity contribution >= 4 is 51.7 Å². The van der Waals surface area contributed by atoms with Crippen molar-refractivity contribution in [2.45, 2.75) is 11.4 Å². The number of carbonyl (C=O) groups excluding carboxylic acids is 3. The normalized spacial score (nSPS) is 21.1. The van der Waals surface area contributed by atoms with Gasteiger partial charge < -0.3 is 30.5 Å². The summed E-state index contributed by atoms with van der Waals surface area (Å²) in [5.74, 6) is -2.38. The monoisotopic (exact) mass is 449 g/mol. The molecule has 11 nitrogen and oxygen atoms in total. The summed E-state index contributed by atoms with van der Waals surface area (Å²) in [4.78, 5) is 46.4. The fourth-order valence-electron chi connectivity index (χ4n) is 2.86. The molecule has 0 aliphatic carbocycles. The first kappa shape index (κ1) is 23.6. The SMILES string of the molecule is COCC1=C(C(=O)[O-])N2C(=O)C(NC(=O)C(=NOC)c3csc(N)n3)C2SC1.[Na+]. The van der Waals surface area contributed by atoms with E-state index in [1.54, 1.807) is 0 Å². The van der Waals surface area contributed by atoms with Gasteiger partial charge in [0.05, 0.1) is 18.3 Å². The van der Waals surface area contributed by atoms with Crippen molar-refractivity contribution in [3.05, 3.63) is 22.3 Å². The smallest absolute Gasteiger partial charge is 0.543 e. The number of methoxy groups -OCH3 is 1. The van der Waals surface area contributed by atoms with Gasteiger partial charge in [-0.2, -0.15) is 0 Å². The Morgan fingerprint density at radius 3 is 2.76 bits per heavy atom. The number of anilines is 1. The Morgan fingerprint density at radius 2 is 2.21 bits per heavy atom. The Kier molecular flexibility index (Phi) is 8.08. The quantitative estimate of drug-likeness (QED) is 0.180. The molecule has 1 aromatic heterocycles. The molecule has 0 spiro atoms. The zero-order valence-electron chi connectivity index (χ0n) is 15.8. The Hall–Kier alpha value is -1.64. The van der Waals surface area contributed by atoms with Gasteiger partial charge in [-0.05, 0) is 5.57 Å². The van der Waals surface area contributed by atoms with Crippen LogP contribution in [0.2, 0.25) is 0 Å². The van der Waals surface area contributed by atoms with Crippen molar-refractivity contribution in [2.75, 3.05) is 32.3 Å². The minimum atomic E-state index is -1.46. The van der Waals surface area contributed by atoms with E-state index in [1.807, 2.05) is 0 Å². The minimum Gasteiger partial charge on any atom is -0.543 e. The second-order valence-corrected chi connectivity index (χ2v) is 7.72. The number of thioether (sulfide) groups is 1. The number of fused-ring (bicyclic) bond motifs is 1. The van der Waals surface area contributed by atoms with E-state index in [1.165, 1.54) is 31.4 Å². The number of nitrogens with one attached hydrogen (secondary N) is 1. The Bertz CT molecular complexity index is 888. The van der Waals surface area contributed by atoms with E-state index in [4.69, 9.17) is 10.5 Å². The largest absolute Gasteiger partial charge is 1.00 e. The number of carboxylic acids is 1. The van der Waals surface area contributed by atoms with E-state index in [-0.39, 0.29) is 58.4 Å². The van der Waals surface area contributed by atoms with Gasteiger partial charge in [0.2, 0.25) is 0 Å². The van der Waals surface area contributed by atoms with Crippen LogP contribution in [0.15, 0.2) is 21.8 Å². The van der Waals surface area contributed by atoms with Gasteiger partial charge in [0.1, 0.15) is 24.2 Å². The number of nitrogen functional groups attached to an aromatic ring is 1. The standard InChI is InChI=1S/C15H17N5O6S2.Na/c1-25-3-6-4-27-13-9(12(22)20(13)10(6)14(23)24)18-11(21)8(19-26-2)7-5-28-15(16)17-7;/h5,9,13H,3-4H2,1-2H3,(H2,16,17)(H,18,21)(H,23,24);/q;+1/p-1. The van der Waals surface area contributed by atoms with Crippen molar-refractivity contribution in [2.24, 2.45) is 5.16 Å². The average molecular weight is 449 g/mol. The molecule has 1 saturated heterocycles. The van der Waals surface area contributed by atoms with E-state index in [9.17, 15) is 19.5 Å². The van der Waals surface area contributed by atoms with Gasteiger partial charge in [0, 0.05) is 18.2 Å². The molecule has 0 aromatic carbocycles. The molecule has 1 fully saturated rings. The summed E-state index contributed by atoms with van der Waals surface area (Å²) in [6.45, 7) is 0.0692. The maximum Gasteiger partial charge on any atom is 1.00 e. The Morgan fingerprint density at radius 1 is 1.48 bits per heavy atom. The summed E-state index contributed by atoms with van der Waals surface area (Å²) in [6, 6.07) is -0.922. The summed E-state index contributed by atoms with van der Waals surface area (Å²) in [7, 11) is 2.70. The molecule has 29 heavy (non-hydrogen) atoms. The minimum absolute atomic E-state index is 0. The molecule has 2 aliphatic rings. The van der Waals surface area contributed by atoms with Gasteiger partial charge in [0.15, 0.2) is 10.8 Å². The van der Waals surface area contributed by atoms with Crippen LogP contribution in [0, 0.1) is 0 Å². The molecule has 2 amide bonds. The number of β-lactam (4-membered cyclic amide) rings is 1. The van der Waals surface area contributed by atoms with Gasteiger partial charge >= 0.3 is 29.6 Å². The number of thiazole rings is 1. The summed E-state index contributed by atoms with van der Waals surface area (Å²) >= 11 is 2.44. The molecule has 0 radical (unpaired) electrons. The number of aliphatic carboxylic acids is 1. The topological polar surface area (TPSA) is 159 Å². The Balaban J connectivity index is 0.00000300. The summed E-state index contributed by atoms with van der Waals surface area (Å²) < 4.78 is 4.99. The van der Waals surface area contributed by atoms with Crippen LogP contribution < -0.4 is 45.7 Å². The van der Waals surface area contributed by atoms with Crippen molar-refractivity contribution in [3.8, 4) is 0 Å². The molecule has 1 aromatic rings. The van der Waals surface area contributed by atoms with Crippen LogP contribution in [0.5, 0.6) is 0 Å². The fourth-order valence-corrected chi connectivity index (χ4v) is 4.73. The van der Waals surface area contributed by atoms with Crippen LogP contribution in [0.1, 0.15) is 5.69 Å². The van der Waals surface area contributed by atoms with Crippen LogP contribution in [0.25, 0.3) is 0 Å². The van der Waals surface area contributed by atoms with Crippen LogP contribution >= 0.6 is 23.1 Å². The predicted molar refractivity (Wildman–Crippen MR) is 99.0 cm³/mol. The third-order valence-corrected chi connectivity index (χ3v) is 6.02. The molecule has 2 atom stereocenters. The molecule has 2 unspecified atom stereocenters. The van der Waals surface area contributed by atoms with Gasteiger partial charge in [0.25, 0.3) is 11.8 Å². The van der Waals surface area contributed by atoms with Gasteiger partial charge in [-0.3, -0.25) is 14.5 Å². The van der Waals surface area contributed by atoms with Crippen molar-refractivity contribution in [1.82, 2.24) is 15.2 Å². The maximum atomic E-state index is 12.6. The first-order valence-corrected chi connectivity index (χ1v) is 9.82. The number of hydrogen-bond acceptors (Lipinski definition) is 11. The molecule has 0 saturated carbocycles. The average Bonchev–Trinajstić information content (AvgIpc) is 3.09. The van der Waals surface area contributed by atoms with Gasteiger partial charge in [-0.15, -0.1) is 23.1 Å². The second-order valence-electron chi connectivity index (χ2n) is 5.73. The van der Waals surface area contributed by atoms with Crippen LogP contribution in [-0.2, 0) is 24.0 Å². The number of hydrogen-bond donors (Lipinski definition) is 2. The molecule has 3 rings (SSSR count). The number of aromatic nitrogens is 1. The zero-order valence-corrected chi connectivity index (χ0v) is 19.5. The molecule has 3 heterocycles. The number of rotatable bonds is 7. The van der Waals surface area contributed by atoms with Crippen LogP contribution in [0.3, 0.4) is 0 Å². The number of carbonyl (C=O) groups is 3. The molecule has 3 N–H and O–H groups in total. The molecule has 0 bridgehead atoms. The number of oxime groups is 1.